The Hall–Kier alpha value is -2.86. The minimum atomic E-state index is -1.80. The summed E-state index contributed by atoms with van der Waals surface area (Å²) in [5.41, 5.74) is 1.68. The third kappa shape index (κ3) is 3.60. The Kier molecular flexibility index (Phi) is 5.05. The van der Waals surface area contributed by atoms with Gasteiger partial charge in [0.1, 0.15) is 17.3 Å². The first-order chi connectivity index (χ1) is 13.5. The number of benzene rings is 3. The van der Waals surface area contributed by atoms with Crippen LogP contribution >= 0.6 is 11.6 Å². The molecule has 0 unspecified atom stereocenters. The first-order valence-corrected chi connectivity index (χ1v) is 9.06. The predicted molar refractivity (Wildman–Crippen MR) is 106 cm³/mol. The van der Waals surface area contributed by atoms with Crippen molar-refractivity contribution in [2.45, 2.75) is 12.8 Å². The number of aliphatic hydroxyl groups excluding tert-OH is 1. The number of hydrogen-bond donors (Lipinski definition) is 2. The van der Waals surface area contributed by atoms with E-state index in [4.69, 9.17) is 16.3 Å². The summed E-state index contributed by atoms with van der Waals surface area (Å²) in [5.74, 6) is 0.289. The van der Waals surface area contributed by atoms with Gasteiger partial charge in [-0.1, -0.05) is 41.9 Å². The molecule has 1 heterocycles. The highest BCUT2D eigenvalue weighted by Gasteiger charge is 2.24. The number of para-hydroxylation sites is 1. The highest BCUT2D eigenvalue weighted by atomic mass is 35.5. The van der Waals surface area contributed by atoms with E-state index in [1.54, 1.807) is 47.0 Å². The van der Waals surface area contributed by atoms with Crippen molar-refractivity contribution in [3.05, 3.63) is 94.9 Å². The van der Waals surface area contributed by atoms with Gasteiger partial charge < -0.3 is 19.5 Å². The molecule has 0 saturated heterocycles. The molecule has 0 bridgehead atoms. The molecule has 0 amide bonds. The molecule has 28 heavy (non-hydrogen) atoms. The van der Waals surface area contributed by atoms with Gasteiger partial charge in [-0.15, -0.1) is 0 Å². The molecule has 0 atom stereocenters. The van der Waals surface area contributed by atoms with Crippen LogP contribution in [0.25, 0.3) is 10.9 Å². The summed E-state index contributed by atoms with van der Waals surface area (Å²) >= 11 is 5.95. The first-order valence-electron chi connectivity index (χ1n) is 8.68. The molecule has 0 aliphatic heterocycles. The fourth-order valence-electron chi connectivity index (χ4n) is 3.23. The monoisotopic (exact) mass is 397 g/mol. The highest BCUT2D eigenvalue weighted by Crippen LogP contribution is 2.40. The summed E-state index contributed by atoms with van der Waals surface area (Å²) in [4.78, 5) is 0. The van der Waals surface area contributed by atoms with Crippen LogP contribution in [-0.4, -0.2) is 14.8 Å². The van der Waals surface area contributed by atoms with Crippen LogP contribution in [0.4, 0.5) is 4.39 Å². The molecule has 2 N–H and O–H groups in total. The first kappa shape index (κ1) is 18.5. The molecule has 0 aliphatic carbocycles. The van der Waals surface area contributed by atoms with Crippen LogP contribution in [0.2, 0.25) is 5.02 Å². The van der Waals surface area contributed by atoms with Crippen LogP contribution in [-0.2, 0) is 6.54 Å². The Morgan fingerprint density at radius 3 is 2.36 bits per heavy atom. The van der Waals surface area contributed by atoms with Gasteiger partial charge in [-0.3, -0.25) is 0 Å². The number of rotatable bonds is 5. The van der Waals surface area contributed by atoms with Crippen molar-refractivity contribution in [3.63, 3.8) is 0 Å². The summed E-state index contributed by atoms with van der Waals surface area (Å²) < 4.78 is 21.6. The van der Waals surface area contributed by atoms with Crippen molar-refractivity contribution >= 4 is 22.5 Å². The second kappa shape index (κ2) is 7.64. The average Bonchev–Trinajstić information content (AvgIpc) is 2.97. The zero-order chi connectivity index (χ0) is 19.7. The Bertz CT molecular complexity index is 1110. The molecule has 0 aliphatic rings. The Morgan fingerprint density at radius 1 is 0.964 bits per heavy atom. The molecule has 142 valence electrons. The maximum atomic E-state index is 14.0. The summed E-state index contributed by atoms with van der Waals surface area (Å²) in [6.07, 6.45) is -1.80. The lowest BCUT2D eigenvalue weighted by molar-refractivity contribution is -0.0490. The molecule has 0 spiro atoms. The lowest BCUT2D eigenvalue weighted by Gasteiger charge is -2.14. The minimum absolute atomic E-state index is 0.152. The number of aliphatic hydroxyl groups is 2. The summed E-state index contributed by atoms with van der Waals surface area (Å²) in [7, 11) is 0. The Balaban J connectivity index is 1.90. The van der Waals surface area contributed by atoms with Crippen LogP contribution in [0.3, 0.4) is 0 Å². The number of hydrogen-bond acceptors (Lipinski definition) is 3. The highest BCUT2D eigenvalue weighted by molar-refractivity contribution is 6.30. The second-order valence-corrected chi connectivity index (χ2v) is 6.81. The van der Waals surface area contributed by atoms with Crippen molar-refractivity contribution < 1.29 is 19.3 Å². The summed E-state index contributed by atoms with van der Waals surface area (Å²) in [6, 6.07) is 20.4. The van der Waals surface area contributed by atoms with Crippen LogP contribution in [0.1, 0.15) is 17.5 Å². The smallest absolute Gasteiger partial charge is 0.197 e. The van der Waals surface area contributed by atoms with E-state index >= 15 is 0 Å². The Morgan fingerprint density at radius 2 is 1.68 bits per heavy atom. The van der Waals surface area contributed by atoms with Gasteiger partial charge >= 0.3 is 0 Å². The van der Waals surface area contributed by atoms with Crippen LogP contribution in [0.5, 0.6) is 11.5 Å². The SMILES string of the molecule is OC(O)c1c(Oc2ccccc2)c2cc(F)ccc2n1Cc1ccc(Cl)cc1. The van der Waals surface area contributed by atoms with Crippen LogP contribution in [0, 0.1) is 5.82 Å². The fourth-order valence-corrected chi connectivity index (χ4v) is 3.35. The normalized spacial score (nSPS) is 11.3. The predicted octanol–water partition coefficient (Wildman–Crippen LogP) is 5.26. The van der Waals surface area contributed by atoms with Gasteiger partial charge in [0.2, 0.25) is 0 Å². The van der Waals surface area contributed by atoms with Crippen LogP contribution < -0.4 is 4.74 Å². The van der Waals surface area contributed by atoms with Gasteiger partial charge in [-0.05, 0) is 48.0 Å². The number of nitrogens with zero attached hydrogens (tertiary/aromatic N) is 1. The maximum Gasteiger partial charge on any atom is 0.197 e. The fraction of sp³-hybridized carbons (Fsp3) is 0.0909. The minimum Gasteiger partial charge on any atom is -0.455 e. The quantitative estimate of drug-likeness (QED) is 0.452. The van der Waals surface area contributed by atoms with Crippen molar-refractivity contribution in [3.8, 4) is 11.5 Å². The van der Waals surface area contributed by atoms with Crippen molar-refractivity contribution in [2.75, 3.05) is 0 Å². The van der Waals surface area contributed by atoms with E-state index in [1.165, 1.54) is 12.1 Å². The molecule has 4 rings (SSSR count). The van der Waals surface area contributed by atoms with E-state index in [1.807, 2.05) is 18.2 Å². The zero-order valence-electron chi connectivity index (χ0n) is 14.7. The topological polar surface area (TPSA) is 54.6 Å². The standard InChI is InChI=1S/C22H17ClFNO3/c23-15-8-6-14(7-9-15)13-25-19-11-10-16(24)12-18(19)21(20(25)22(26)27)28-17-4-2-1-3-5-17/h1-12,22,26-27H,13H2. The van der Waals surface area contributed by atoms with Gasteiger partial charge in [0.05, 0.1) is 5.52 Å². The zero-order valence-corrected chi connectivity index (χ0v) is 15.5. The number of halogens is 2. The van der Waals surface area contributed by atoms with Gasteiger partial charge in [0.15, 0.2) is 12.0 Å². The molecular formula is C22H17ClFNO3. The number of aromatic nitrogens is 1. The van der Waals surface area contributed by atoms with Crippen molar-refractivity contribution in [2.24, 2.45) is 0 Å². The maximum absolute atomic E-state index is 14.0. The van der Waals surface area contributed by atoms with Gasteiger partial charge in [0, 0.05) is 17.0 Å². The molecule has 3 aromatic carbocycles. The summed E-state index contributed by atoms with van der Waals surface area (Å²) in [5, 5.41) is 21.3. The van der Waals surface area contributed by atoms with E-state index in [2.05, 4.69) is 0 Å². The molecule has 4 nitrogen and oxygen atoms in total. The lowest BCUT2D eigenvalue weighted by Crippen LogP contribution is -2.09. The molecule has 0 saturated carbocycles. The lowest BCUT2D eigenvalue weighted by atomic mass is 10.2. The van der Waals surface area contributed by atoms with E-state index < -0.39 is 12.1 Å². The average molecular weight is 398 g/mol. The van der Waals surface area contributed by atoms with Gasteiger partial charge in [-0.25, -0.2) is 4.39 Å². The molecule has 4 aromatic rings. The number of ether oxygens (including phenoxy) is 1. The van der Waals surface area contributed by atoms with Crippen molar-refractivity contribution in [1.82, 2.24) is 4.57 Å². The van der Waals surface area contributed by atoms with E-state index in [0.717, 1.165) is 5.56 Å². The molecule has 0 fully saturated rings. The van der Waals surface area contributed by atoms with E-state index in [0.29, 0.717) is 28.2 Å². The molecule has 1 aromatic heterocycles. The van der Waals surface area contributed by atoms with Crippen LogP contribution in [0.15, 0.2) is 72.8 Å². The van der Waals surface area contributed by atoms with Crippen molar-refractivity contribution in [1.29, 1.82) is 0 Å². The molecular weight excluding hydrogens is 381 g/mol. The summed E-state index contributed by atoms with van der Waals surface area (Å²) in [6.45, 7) is 0.338. The third-order valence-corrected chi connectivity index (χ3v) is 4.73. The molecule has 0 radical (unpaired) electrons. The van der Waals surface area contributed by atoms with E-state index in [-0.39, 0.29) is 11.4 Å². The Labute approximate surface area is 166 Å². The largest absolute Gasteiger partial charge is 0.455 e. The van der Waals surface area contributed by atoms with Gasteiger partial charge in [-0.2, -0.15) is 0 Å². The third-order valence-electron chi connectivity index (χ3n) is 4.48. The molecule has 6 heteroatoms. The number of fused-ring (bicyclic) bond motifs is 1. The van der Waals surface area contributed by atoms with Gasteiger partial charge in [0.25, 0.3) is 0 Å². The van der Waals surface area contributed by atoms with E-state index in [9.17, 15) is 14.6 Å². The second-order valence-electron chi connectivity index (χ2n) is 6.38.